The Balaban J connectivity index is 2.49. The average Bonchev–Trinajstić information content (AvgIpc) is 1.61. The summed E-state index contributed by atoms with van der Waals surface area (Å²) in [6.45, 7) is 3.47. The predicted molar refractivity (Wildman–Crippen MR) is 29.5 cm³/mol. The molecule has 6 heavy (non-hydrogen) atoms. The van der Waals surface area contributed by atoms with Crippen LogP contribution in [0.2, 0.25) is 6.04 Å². The summed E-state index contributed by atoms with van der Waals surface area (Å²) in [5.41, 5.74) is 0. The van der Waals surface area contributed by atoms with Crippen molar-refractivity contribution in [2.24, 2.45) is 0 Å². The monoisotopic (exact) mass is 104 g/mol. The Morgan fingerprint density at radius 2 is 2.50 bits per heavy atom. The molecule has 0 fully saturated rings. The standard InChI is InChI=1S/C4H9FSi/c1-2-3-6-4-5/h2H,1,3-4,6H2. The molecule has 0 radical (unpaired) electrons. The Hall–Kier alpha value is -0.113. The maximum Gasteiger partial charge on any atom is 0.0734 e. The lowest BCUT2D eigenvalue weighted by Crippen LogP contribution is -1.86. The molecule has 36 valence electrons. The maximum atomic E-state index is 11.2. The summed E-state index contributed by atoms with van der Waals surface area (Å²) >= 11 is 0. The second-order valence-corrected chi connectivity index (χ2v) is 2.78. The molecule has 0 rings (SSSR count). The largest absolute Gasteiger partial charge is 0.256 e. The summed E-state index contributed by atoms with van der Waals surface area (Å²) in [6.07, 6.45) is 1.71. The molecule has 2 heteroatoms. The number of rotatable bonds is 3. The summed E-state index contributed by atoms with van der Waals surface area (Å²) < 4.78 is 11.2. The van der Waals surface area contributed by atoms with Gasteiger partial charge in [0.15, 0.2) is 0 Å². The summed E-state index contributed by atoms with van der Waals surface area (Å²) in [7, 11) is -0.363. The van der Waals surface area contributed by atoms with E-state index in [0.717, 1.165) is 6.04 Å². The van der Waals surface area contributed by atoms with Crippen molar-refractivity contribution in [3.63, 3.8) is 0 Å². The lowest BCUT2D eigenvalue weighted by Gasteiger charge is -1.77. The number of hydrogen-bond donors (Lipinski definition) is 0. The highest BCUT2D eigenvalue weighted by Crippen LogP contribution is 1.76. The third-order valence-electron chi connectivity index (χ3n) is 0.542. The van der Waals surface area contributed by atoms with Gasteiger partial charge in [-0.05, 0) is 6.04 Å². The van der Waals surface area contributed by atoms with Gasteiger partial charge in [-0.25, -0.2) is 0 Å². The predicted octanol–water partition coefficient (Wildman–Crippen LogP) is 0.686. The van der Waals surface area contributed by atoms with E-state index < -0.39 is 0 Å². The fraction of sp³-hybridized carbons (Fsp3) is 0.500. The van der Waals surface area contributed by atoms with Crippen LogP contribution in [0.3, 0.4) is 0 Å². The summed E-state index contributed by atoms with van der Waals surface area (Å²) in [5.74, 6) is 0. The molecule has 0 unspecified atom stereocenters. The number of hydrogen-bond acceptors (Lipinski definition) is 0. The minimum absolute atomic E-state index is 0.0774. The van der Waals surface area contributed by atoms with Crippen LogP contribution in [0.5, 0.6) is 0 Å². The van der Waals surface area contributed by atoms with Crippen molar-refractivity contribution in [2.45, 2.75) is 6.04 Å². The molecule has 0 heterocycles. The van der Waals surface area contributed by atoms with E-state index in [9.17, 15) is 4.39 Å². The molecule has 0 saturated carbocycles. The molecule has 0 aliphatic rings. The van der Waals surface area contributed by atoms with Crippen molar-refractivity contribution >= 4 is 9.52 Å². The first-order valence-corrected chi connectivity index (χ1v) is 4.08. The van der Waals surface area contributed by atoms with Crippen LogP contribution in [0.15, 0.2) is 12.7 Å². The van der Waals surface area contributed by atoms with Crippen LogP contribution in [-0.4, -0.2) is 15.8 Å². The SMILES string of the molecule is C=CC[SiH2]CF. The van der Waals surface area contributed by atoms with Gasteiger partial charge < -0.3 is 0 Å². The van der Waals surface area contributed by atoms with Crippen LogP contribution in [-0.2, 0) is 0 Å². The molecular weight excluding hydrogens is 95.1 g/mol. The second-order valence-electron chi connectivity index (χ2n) is 1.12. The van der Waals surface area contributed by atoms with Crippen molar-refractivity contribution in [3.8, 4) is 0 Å². The minimum atomic E-state index is -0.363. The van der Waals surface area contributed by atoms with Gasteiger partial charge in [0, 0.05) is 0 Å². The smallest absolute Gasteiger partial charge is 0.0734 e. The van der Waals surface area contributed by atoms with Gasteiger partial charge in [-0.2, -0.15) is 0 Å². The highest BCUT2D eigenvalue weighted by molar-refractivity contribution is 6.35. The Labute approximate surface area is 39.9 Å². The highest BCUT2D eigenvalue weighted by Gasteiger charge is 1.76. The van der Waals surface area contributed by atoms with Crippen molar-refractivity contribution in [1.82, 2.24) is 0 Å². The zero-order chi connectivity index (χ0) is 4.83. The molecule has 0 nitrogen and oxygen atoms in total. The van der Waals surface area contributed by atoms with E-state index in [0.29, 0.717) is 0 Å². The van der Waals surface area contributed by atoms with E-state index in [-0.39, 0.29) is 15.8 Å². The van der Waals surface area contributed by atoms with E-state index >= 15 is 0 Å². The molecule has 0 aromatic rings. The lowest BCUT2D eigenvalue weighted by molar-refractivity contribution is 0.593. The van der Waals surface area contributed by atoms with Crippen molar-refractivity contribution in [3.05, 3.63) is 12.7 Å². The van der Waals surface area contributed by atoms with Gasteiger partial charge in [0.05, 0.1) is 15.8 Å². The minimum Gasteiger partial charge on any atom is -0.256 e. The summed E-state index contributed by atoms with van der Waals surface area (Å²) in [5, 5.41) is 0. The van der Waals surface area contributed by atoms with E-state index in [2.05, 4.69) is 6.58 Å². The molecule has 0 spiro atoms. The normalized spacial score (nSPS) is 10.2. The van der Waals surface area contributed by atoms with E-state index in [1.807, 2.05) is 0 Å². The van der Waals surface area contributed by atoms with Gasteiger partial charge in [-0.15, -0.1) is 6.58 Å². The second kappa shape index (κ2) is 4.89. The van der Waals surface area contributed by atoms with E-state index in [1.54, 1.807) is 6.08 Å². The molecule has 0 aromatic heterocycles. The van der Waals surface area contributed by atoms with Crippen LogP contribution < -0.4 is 0 Å². The van der Waals surface area contributed by atoms with Crippen molar-refractivity contribution in [1.29, 1.82) is 0 Å². The molecule has 0 saturated heterocycles. The van der Waals surface area contributed by atoms with Crippen LogP contribution >= 0.6 is 0 Å². The molecule has 0 N–H and O–H groups in total. The summed E-state index contributed by atoms with van der Waals surface area (Å²) in [6, 6.07) is 0.941. The van der Waals surface area contributed by atoms with Gasteiger partial charge >= 0.3 is 0 Å². The number of allylic oxidation sites excluding steroid dienone is 1. The number of alkyl halides is 1. The fourth-order valence-electron chi connectivity index (χ4n) is 0.221. The van der Waals surface area contributed by atoms with E-state index in [1.165, 1.54) is 0 Å². The van der Waals surface area contributed by atoms with Gasteiger partial charge in [-0.3, -0.25) is 4.39 Å². The van der Waals surface area contributed by atoms with Gasteiger partial charge in [0.2, 0.25) is 0 Å². The first-order valence-electron chi connectivity index (χ1n) is 2.08. The highest BCUT2D eigenvalue weighted by atomic mass is 28.2. The Morgan fingerprint density at radius 3 is 2.67 bits per heavy atom. The van der Waals surface area contributed by atoms with E-state index in [4.69, 9.17) is 0 Å². The molecule has 0 atom stereocenters. The Bertz CT molecular complexity index is 36.5. The van der Waals surface area contributed by atoms with Crippen LogP contribution in [0.25, 0.3) is 0 Å². The van der Waals surface area contributed by atoms with Crippen LogP contribution in [0, 0.1) is 0 Å². The fourth-order valence-corrected chi connectivity index (χ4v) is 0.664. The third-order valence-corrected chi connectivity index (χ3v) is 1.63. The number of halogens is 1. The van der Waals surface area contributed by atoms with Crippen LogP contribution in [0.4, 0.5) is 4.39 Å². The van der Waals surface area contributed by atoms with Gasteiger partial charge in [0.1, 0.15) is 0 Å². The van der Waals surface area contributed by atoms with Crippen molar-refractivity contribution < 1.29 is 4.39 Å². The molecule has 0 amide bonds. The van der Waals surface area contributed by atoms with Gasteiger partial charge in [-0.1, -0.05) is 6.08 Å². The first-order chi connectivity index (χ1) is 2.91. The first kappa shape index (κ1) is 5.89. The average molecular weight is 104 g/mol. The Kier molecular flexibility index (Phi) is 4.79. The molecule has 0 aliphatic carbocycles. The van der Waals surface area contributed by atoms with Crippen molar-refractivity contribution in [2.75, 3.05) is 6.30 Å². The van der Waals surface area contributed by atoms with Gasteiger partial charge in [0.25, 0.3) is 0 Å². The lowest BCUT2D eigenvalue weighted by atomic mass is 10.8. The quantitative estimate of drug-likeness (QED) is 0.281. The molecule has 0 aliphatic heterocycles. The molecule has 0 aromatic carbocycles. The third kappa shape index (κ3) is 3.89. The van der Waals surface area contributed by atoms with Crippen LogP contribution in [0.1, 0.15) is 0 Å². The maximum absolute atomic E-state index is 11.2. The summed E-state index contributed by atoms with van der Waals surface area (Å²) in [4.78, 5) is 0. The molecular formula is C4H9FSi. The zero-order valence-corrected chi connectivity index (χ0v) is 5.20. The Morgan fingerprint density at radius 1 is 1.83 bits per heavy atom. The topological polar surface area (TPSA) is 0 Å². The molecule has 0 bridgehead atoms. The zero-order valence-electron chi connectivity index (χ0n) is 3.78.